The molecule has 2 rings (SSSR count). The molecule has 18 heavy (non-hydrogen) atoms. The molecular weight excluding hydrogens is 294 g/mol. The second kappa shape index (κ2) is 6.25. The fourth-order valence-corrected chi connectivity index (χ4v) is 2.29. The highest BCUT2D eigenvalue weighted by molar-refractivity contribution is 9.10. The SMILES string of the molecule is CCCNC(c1ccc(CC)o1)c1occc1Br. The molecule has 2 aromatic heterocycles. The maximum absolute atomic E-state index is 5.83. The molecule has 0 amide bonds. The molecule has 98 valence electrons. The molecule has 0 spiro atoms. The predicted molar refractivity (Wildman–Crippen MR) is 74.6 cm³/mol. The van der Waals surface area contributed by atoms with E-state index in [9.17, 15) is 0 Å². The summed E-state index contributed by atoms with van der Waals surface area (Å²) in [5.41, 5.74) is 0. The van der Waals surface area contributed by atoms with Gasteiger partial charge in [0.25, 0.3) is 0 Å². The molecule has 2 heterocycles. The molecule has 0 fully saturated rings. The molecule has 3 nitrogen and oxygen atoms in total. The number of hydrogen-bond donors (Lipinski definition) is 1. The third-order valence-electron chi connectivity index (χ3n) is 2.82. The van der Waals surface area contributed by atoms with Crippen LogP contribution in [0.25, 0.3) is 0 Å². The lowest BCUT2D eigenvalue weighted by molar-refractivity contribution is 0.376. The van der Waals surface area contributed by atoms with E-state index >= 15 is 0 Å². The number of hydrogen-bond acceptors (Lipinski definition) is 3. The molecule has 0 bridgehead atoms. The van der Waals surface area contributed by atoms with Gasteiger partial charge in [-0.15, -0.1) is 0 Å². The smallest absolute Gasteiger partial charge is 0.142 e. The van der Waals surface area contributed by atoms with Crippen LogP contribution in [0.4, 0.5) is 0 Å². The molecule has 4 heteroatoms. The van der Waals surface area contributed by atoms with Gasteiger partial charge in [0, 0.05) is 6.42 Å². The Morgan fingerprint density at radius 1 is 1.28 bits per heavy atom. The van der Waals surface area contributed by atoms with Crippen molar-refractivity contribution in [2.24, 2.45) is 0 Å². The molecule has 0 aliphatic carbocycles. The van der Waals surface area contributed by atoms with E-state index in [1.807, 2.05) is 18.2 Å². The van der Waals surface area contributed by atoms with Gasteiger partial charge in [0.05, 0.1) is 10.7 Å². The summed E-state index contributed by atoms with van der Waals surface area (Å²) in [6.45, 7) is 5.14. The standard InChI is InChI=1S/C14H18BrNO2/c1-3-8-16-13(14-11(15)7-9-17-14)12-6-5-10(4-2)18-12/h5-7,9,13,16H,3-4,8H2,1-2H3. The average molecular weight is 312 g/mol. The summed E-state index contributed by atoms with van der Waals surface area (Å²) in [5.74, 6) is 2.76. The van der Waals surface area contributed by atoms with Crippen molar-refractivity contribution in [3.05, 3.63) is 46.2 Å². The minimum absolute atomic E-state index is 0.0328. The Morgan fingerprint density at radius 3 is 2.67 bits per heavy atom. The van der Waals surface area contributed by atoms with E-state index < -0.39 is 0 Å². The van der Waals surface area contributed by atoms with Crippen LogP contribution in [-0.2, 0) is 6.42 Å². The summed E-state index contributed by atoms with van der Waals surface area (Å²) in [4.78, 5) is 0. The zero-order valence-corrected chi connectivity index (χ0v) is 12.3. The topological polar surface area (TPSA) is 38.3 Å². The van der Waals surface area contributed by atoms with Crippen molar-refractivity contribution in [3.8, 4) is 0 Å². The van der Waals surface area contributed by atoms with E-state index in [2.05, 4.69) is 35.1 Å². The van der Waals surface area contributed by atoms with Crippen LogP contribution in [0.1, 0.15) is 43.6 Å². The maximum Gasteiger partial charge on any atom is 0.142 e. The zero-order valence-electron chi connectivity index (χ0n) is 10.7. The van der Waals surface area contributed by atoms with E-state index in [0.29, 0.717) is 0 Å². The van der Waals surface area contributed by atoms with E-state index in [1.54, 1.807) is 6.26 Å². The van der Waals surface area contributed by atoms with Crippen LogP contribution in [-0.4, -0.2) is 6.54 Å². The van der Waals surface area contributed by atoms with E-state index in [1.165, 1.54) is 0 Å². The largest absolute Gasteiger partial charge is 0.466 e. The number of halogens is 1. The summed E-state index contributed by atoms with van der Waals surface area (Å²) in [6, 6.07) is 5.91. The first kappa shape index (κ1) is 13.4. The van der Waals surface area contributed by atoms with E-state index in [0.717, 1.165) is 41.1 Å². The van der Waals surface area contributed by atoms with Gasteiger partial charge >= 0.3 is 0 Å². The number of aryl methyl sites for hydroxylation is 1. The summed E-state index contributed by atoms with van der Waals surface area (Å²) in [7, 11) is 0. The maximum atomic E-state index is 5.83. The van der Waals surface area contributed by atoms with Crippen molar-refractivity contribution < 1.29 is 8.83 Å². The van der Waals surface area contributed by atoms with Gasteiger partial charge in [-0.05, 0) is 47.1 Å². The third-order valence-corrected chi connectivity index (χ3v) is 3.48. The number of furan rings is 2. The molecule has 1 N–H and O–H groups in total. The van der Waals surface area contributed by atoms with Crippen LogP contribution in [0.2, 0.25) is 0 Å². The second-order valence-electron chi connectivity index (χ2n) is 4.18. The Hall–Kier alpha value is -1.00. The van der Waals surface area contributed by atoms with Gasteiger partial charge in [0.15, 0.2) is 0 Å². The summed E-state index contributed by atoms with van der Waals surface area (Å²) in [6.07, 6.45) is 3.65. The Morgan fingerprint density at radius 2 is 2.11 bits per heavy atom. The predicted octanol–water partition coefficient (Wildman–Crippen LogP) is 4.29. The van der Waals surface area contributed by atoms with Crippen molar-refractivity contribution in [1.29, 1.82) is 0 Å². The monoisotopic (exact) mass is 311 g/mol. The quantitative estimate of drug-likeness (QED) is 0.865. The molecule has 2 aromatic rings. The second-order valence-corrected chi connectivity index (χ2v) is 5.03. The molecule has 0 saturated heterocycles. The van der Waals surface area contributed by atoms with Crippen LogP contribution >= 0.6 is 15.9 Å². The Kier molecular flexibility index (Phi) is 4.66. The van der Waals surface area contributed by atoms with Crippen molar-refractivity contribution in [2.75, 3.05) is 6.54 Å². The summed E-state index contributed by atoms with van der Waals surface area (Å²) in [5, 5.41) is 3.45. The first-order chi connectivity index (χ1) is 8.76. The lowest BCUT2D eigenvalue weighted by Crippen LogP contribution is -2.22. The molecule has 0 aromatic carbocycles. The normalized spacial score (nSPS) is 12.8. The lowest BCUT2D eigenvalue weighted by atomic mass is 10.1. The highest BCUT2D eigenvalue weighted by Crippen LogP contribution is 2.30. The summed E-state index contributed by atoms with van der Waals surface area (Å²) < 4.78 is 12.3. The average Bonchev–Trinajstić information content (AvgIpc) is 3.00. The van der Waals surface area contributed by atoms with Gasteiger partial charge in [-0.25, -0.2) is 0 Å². The minimum Gasteiger partial charge on any atom is -0.466 e. The van der Waals surface area contributed by atoms with Crippen LogP contribution in [0.15, 0.2) is 37.8 Å². The molecule has 0 aliphatic rings. The fourth-order valence-electron chi connectivity index (χ4n) is 1.86. The first-order valence-corrected chi connectivity index (χ1v) is 7.10. The lowest BCUT2D eigenvalue weighted by Gasteiger charge is -2.14. The van der Waals surface area contributed by atoms with E-state index in [4.69, 9.17) is 8.83 Å². The highest BCUT2D eigenvalue weighted by Gasteiger charge is 2.22. The Bertz CT molecular complexity index is 489. The minimum atomic E-state index is -0.0328. The molecule has 1 unspecified atom stereocenters. The Labute approximate surface area is 116 Å². The van der Waals surface area contributed by atoms with Gasteiger partial charge in [0.1, 0.15) is 23.3 Å². The number of rotatable bonds is 6. The van der Waals surface area contributed by atoms with Crippen LogP contribution in [0.5, 0.6) is 0 Å². The van der Waals surface area contributed by atoms with Crippen molar-refractivity contribution in [3.63, 3.8) is 0 Å². The highest BCUT2D eigenvalue weighted by atomic mass is 79.9. The summed E-state index contributed by atoms with van der Waals surface area (Å²) >= 11 is 3.50. The zero-order chi connectivity index (χ0) is 13.0. The molecule has 0 radical (unpaired) electrons. The molecule has 0 saturated carbocycles. The van der Waals surface area contributed by atoms with Crippen LogP contribution in [0.3, 0.4) is 0 Å². The Balaban J connectivity index is 2.27. The van der Waals surface area contributed by atoms with E-state index in [-0.39, 0.29) is 6.04 Å². The van der Waals surface area contributed by atoms with Gasteiger partial charge in [-0.3, -0.25) is 0 Å². The molecule has 1 atom stereocenters. The van der Waals surface area contributed by atoms with Crippen molar-refractivity contribution >= 4 is 15.9 Å². The van der Waals surface area contributed by atoms with Crippen molar-refractivity contribution in [1.82, 2.24) is 5.32 Å². The number of nitrogens with one attached hydrogen (secondary N) is 1. The van der Waals surface area contributed by atoms with Gasteiger partial charge in [0.2, 0.25) is 0 Å². The van der Waals surface area contributed by atoms with Gasteiger partial charge in [-0.2, -0.15) is 0 Å². The first-order valence-electron chi connectivity index (χ1n) is 6.31. The molecular formula is C14H18BrNO2. The van der Waals surface area contributed by atoms with Crippen LogP contribution in [0, 0.1) is 0 Å². The van der Waals surface area contributed by atoms with Crippen molar-refractivity contribution in [2.45, 2.75) is 32.7 Å². The fraction of sp³-hybridized carbons (Fsp3) is 0.429. The van der Waals surface area contributed by atoms with Crippen LogP contribution < -0.4 is 5.32 Å². The van der Waals surface area contributed by atoms with Gasteiger partial charge in [-0.1, -0.05) is 13.8 Å². The van der Waals surface area contributed by atoms with Gasteiger partial charge < -0.3 is 14.2 Å². The third kappa shape index (κ3) is 2.87. The molecule has 0 aliphatic heterocycles.